The zero-order valence-electron chi connectivity index (χ0n) is 10.1. The number of carbonyl (C=O) groups is 1. The van der Waals surface area contributed by atoms with Crippen LogP contribution < -0.4 is 0 Å². The molecule has 0 unspecified atom stereocenters. The van der Waals surface area contributed by atoms with Gasteiger partial charge in [0, 0.05) is 39.6 Å². The number of benzene rings is 1. The van der Waals surface area contributed by atoms with Crippen molar-refractivity contribution >= 4 is 5.91 Å². The highest BCUT2D eigenvalue weighted by Gasteiger charge is 2.18. The van der Waals surface area contributed by atoms with Gasteiger partial charge in [-0.15, -0.1) is 0 Å². The number of rotatable bonds is 2. The van der Waals surface area contributed by atoms with Crippen LogP contribution in [0.1, 0.15) is 12.5 Å². The summed E-state index contributed by atoms with van der Waals surface area (Å²) < 4.78 is 0. The molecule has 0 aromatic heterocycles. The van der Waals surface area contributed by atoms with Gasteiger partial charge in [-0.25, -0.2) is 0 Å². The first kappa shape index (κ1) is 11.9. The van der Waals surface area contributed by atoms with E-state index >= 15 is 0 Å². The van der Waals surface area contributed by atoms with Gasteiger partial charge in [-0.05, 0) is 17.7 Å². The zero-order chi connectivity index (χ0) is 12.3. The summed E-state index contributed by atoms with van der Waals surface area (Å²) in [6, 6.07) is 7.29. The minimum atomic E-state index is 0.161. The van der Waals surface area contributed by atoms with E-state index in [1.807, 2.05) is 17.0 Å². The van der Waals surface area contributed by atoms with Crippen molar-refractivity contribution in [2.45, 2.75) is 13.5 Å². The molecule has 0 saturated carbocycles. The second-order valence-electron chi connectivity index (χ2n) is 4.45. The second kappa shape index (κ2) is 5.19. The first-order valence-electron chi connectivity index (χ1n) is 5.91. The van der Waals surface area contributed by atoms with E-state index in [1.165, 1.54) is 5.56 Å². The molecule has 1 fully saturated rings. The second-order valence-corrected chi connectivity index (χ2v) is 4.45. The minimum absolute atomic E-state index is 0.161. The van der Waals surface area contributed by atoms with E-state index < -0.39 is 0 Å². The molecule has 0 radical (unpaired) electrons. The fourth-order valence-corrected chi connectivity index (χ4v) is 2.08. The molecule has 4 nitrogen and oxygen atoms in total. The molecule has 1 aliphatic rings. The average molecular weight is 234 g/mol. The number of phenols is 1. The Hall–Kier alpha value is -1.55. The van der Waals surface area contributed by atoms with Crippen LogP contribution in [0.5, 0.6) is 5.75 Å². The Morgan fingerprint density at radius 3 is 2.29 bits per heavy atom. The van der Waals surface area contributed by atoms with Gasteiger partial charge in [0.15, 0.2) is 0 Å². The first-order chi connectivity index (χ1) is 8.15. The molecule has 1 amide bonds. The van der Waals surface area contributed by atoms with Gasteiger partial charge >= 0.3 is 0 Å². The Morgan fingerprint density at radius 1 is 1.18 bits per heavy atom. The van der Waals surface area contributed by atoms with Gasteiger partial charge in [-0.2, -0.15) is 0 Å². The van der Waals surface area contributed by atoms with Crippen LogP contribution in [0.15, 0.2) is 24.3 Å². The molecule has 1 saturated heterocycles. The quantitative estimate of drug-likeness (QED) is 0.832. The molecule has 1 aliphatic heterocycles. The predicted octanol–water partition coefficient (Wildman–Crippen LogP) is 1.06. The van der Waals surface area contributed by atoms with Crippen molar-refractivity contribution < 1.29 is 9.90 Å². The van der Waals surface area contributed by atoms with E-state index in [2.05, 4.69) is 4.90 Å². The highest BCUT2D eigenvalue weighted by molar-refractivity contribution is 5.73. The molecule has 0 atom stereocenters. The first-order valence-corrected chi connectivity index (χ1v) is 5.91. The van der Waals surface area contributed by atoms with Crippen LogP contribution in [-0.4, -0.2) is 47.0 Å². The van der Waals surface area contributed by atoms with E-state index in [9.17, 15) is 9.90 Å². The largest absolute Gasteiger partial charge is 0.508 e. The third-order valence-corrected chi connectivity index (χ3v) is 3.16. The molecule has 1 aromatic carbocycles. The minimum Gasteiger partial charge on any atom is -0.508 e. The molecule has 0 aliphatic carbocycles. The van der Waals surface area contributed by atoms with Crippen LogP contribution in [0.3, 0.4) is 0 Å². The van der Waals surface area contributed by atoms with Gasteiger partial charge in [-0.1, -0.05) is 12.1 Å². The lowest BCUT2D eigenvalue weighted by Gasteiger charge is -2.34. The number of aromatic hydroxyl groups is 1. The van der Waals surface area contributed by atoms with Crippen LogP contribution in [0.4, 0.5) is 0 Å². The molecular weight excluding hydrogens is 216 g/mol. The molecule has 1 aromatic rings. The van der Waals surface area contributed by atoms with Crippen molar-refractivity contribution in [1.82, 2.24) is 9.80 Å². The molecule has 92 valence electrons. The molecule has 1 N–H and O–H groups in total. The van der Waals surface area contributed by atoms with Crippen molar-refractivity contribution in [2.24, 2.45) is 0 Å². The van der Waals surface area contributed by atoms with Gasteiger partial charge in [-0.3, -0.25) is 9.69 Å². The summed E-state index contributed by atoms with van der Waals surface area (Å²) >= 11 is 0. The highest BCUT2D eigenvalue weighted by atomic mass is 16.3. The molecule has 0 bridgehead atoms. The van der Waals surface area contributed by atoms with Crippen LogP contribution in [0, 0.1) is 0 Å². The van der Waals surface area contributed by atoms with Crippen molar-refractivity contribution in [2.75, 3.05) is 26.2 Å². The number of piperazine rings is 1. The molecular formula is C13H18N2O2. The van der Waals surface area contributed by atoms with Crippen molar-refractivity contribution in [3.63, 3.8) is 0 Å². The van der Waals surface area contributed by atoms with E-state index in [-0.39, 0.29) is 5.91 Å². The predicted molar refractivity (Wildman–Crippen MR) is 65.6 cm³/mol. The number of hydrogen-bond acceptors (Lipinski definition) is 3. The lowest BCUT2D eigenvalue weighted by molar-refractivity contribution is -0.130. The van der Waals surface area contributed by atoms with Crippen LogP contribution in [-0.2, 0) is 11.3 Å². The molecule has 17 heavy (non-hydrogen) atoms. The van der Waals surface area contributed by atoms with Crippen molar-refractivity contribution in [1.29, 1.82) is 0 Å². The topological polar surface area (TPSA) is 43.8 Å². The third-order valence-electron chi connectivity index (χ3n) is 3.16. The zero-order valence-corrected chi connectivity index (χ0v) is 10.1. The Morgan fingerprint density at radius 2 is 1.76 bits per heavy atom. The number of nitrogens with zero attached hydrogens (tertiary/aromatic N) is 2. The monoisotopic (exact) mass is 234 g/mol. The maximum absolute atomic E-state index is 11.2. The summed E-state index contributed by atoms with van der Waals surface area (Å²) in [7, 11) is 0. The molecule has 2 rings (SSSR count). The van der Waals surface area contributed by atoms with Crippen LogP contribution in [0.2, 0.25) is 0 Å². The Balaban J connectivity index is 1.85. The smallest absolute Gasteiger partial charge is 0.219 e. The van der Waals surface area contributed by atoms with Crippen LogP contribution >= 0.6 is 0 Å². The van der Waals surface area contributed by atoms with E-state index in [1.54, 1.807) is 19.1 Å². The number of carbonyl (C=O) groups excluding carboxylic acids is 1. The summed E-state index contributed by atoms with van der Waals surface area (Å²) in [5, 5.41) is 9.20. The lowest BCUT2D eigenvalue weighted by Crippen LogP contribution is -2.47. The lowest BCUT2D eigenvalue weighted by atomic mass is 10.2. The number of amides is 1. The standard InChI is InChI=1S/C13H18N2O2/c1-11(16)15-8-6-14(7-9-15)10-12-2-4-13(17)5-3-12/h2-5,17H,6-10H2,1H3. The van der Waals surface area contributed by atoms with Gasteiger partial charge in [0.25, 0.3) is 0 Å². The summed E-state index contributed by atoms with van der Waals surface area (Å²) in [6.45, 7) is 5.96. The van der Waals surface area contributed by atoms with Gasteiger partial charge in [0.1, 0.15) is 5.75 Å². The molecule has 4 heteroatoms. The van der Waals surface area contributed by atoms with Gasteiger partial charge in [0.2, 0.25) is 5.91 Å². The van der Waals surface area contributed by atoms with E-state index in [0.29, 0.717) is 5.75 Å². The summed E-state index contributed by atoms with van der Waals surface area (Å²) in [5.41, 5.74) is 1.19. The highest BCUT2D eigenvalue weighted by Crippen LogP contribution is 2.13. The van der Waals surface area contributed by atoms with Crippen molar-refractivity contribution in [3.05, 3.63) is 29.8 Å². The molecule has 1 heterocycles. The maximum Gasteiger partial charge on any atom is 0.219 e. The average Bonchev–Trinajstić information content (AvgIpc) is 2.33. The number of hydrogen-bond donors (Lipinski definition) is 1. The Labute approximate surface area is 101 Å². The summed E-state index contributed by atoms with van der Waals surface area (Å²) in [4.78, 5) is 15.4. The molecule has 0 spiro atoms. The van der Waals surface area contributed by atoms with Gasteiger partial charge in [0.05, 0.1) is 0 Å². The SMILES string of the molecule is CC(=O)N1CCN(Cc2ccc(O)cc2)CC1. The van der Waals surface area contributed by atoms with Crippen LogP contribution in [0.25, 0.3) is 0 Å². The third kappa shape index (κ3) is 3.20. The fraction of sp³-hybridized carbons (Fsp3) is 0.462. The fourth-order valence-electron chi connectivity index (χ4n) is 2.08. The number of phenolic OH excluding ortho intramolecular Hbond substituents is 1. The summed E-state index contributed by atoms with van der Waals surface area (Å²) in [6.07, 6.45) is 0. The summed E-state index contributed by atoms with van der Waals surface area (Å²) in [5.74, 6) is 0.462. The van der Waals surface area contributed by atoms with Crippen molar-refractivity contribution in [3.8, 4) is 5.75 Å². The van der Waals surface area contributed by atoms with E-state index in [0.717, 1.165) is 32.7 Å². The Bertz CT molecular complexity index is 381. The Kier molecular flexibility index (Phi) is 3.64. The maximum atomic E-state index is 11.2. The van der Waals surface area contributed by atoms with Gasteiger partial charge < -0.3 is 10.0 Å². The normalized spacial score (nSPS) is 17.1. The van der Waals surface area contributed by atoms with E-state index in [4.69, 9.17) is 0 Å².